The van der Waals surface area contributed by atoms with E-state index in [2.05, 4.69) is 0 Å². The predicted molar refractivity (Wildman–Crippen MR) is 131 cm³/mol. The second-order valence-electron chi connectivity index (χ2n) is 8.36. The van der Waals surface area contributed by atoms with Crippen molar-refractivity contribution in [2.75, 3.05) is 12.0 Å². The van der Waals surface area contributed by atoms with Crippen molar-refractivity contribution in [3.8, 4) is 11.5 Å². The quantitative estimate of drug-likeness (QED) is 0.275. The lowest BCUT2D eigenvalue weighted by molar-refractivity contribution is -0.132. The van der Waals surface area contributed by atoms with Crippen LogP contribution in [0.5, 0.6) is 11.5 Å². The van der Waals surface area contributed by atoms with Crippen LogP contribution >= 0.6 is 11.6 Å². The van der Waals surface area contributed by atoms with E-state index in [1.807, 2.05) is 13.8 Å². The van der Waals surface area contributed by atoms with E-state index in [9.17, 15) is 19.8 Å². The Hall–Kier alpha value is -3.77. The van der Waals surface area contributed by atoms with E-state index in [1.54, 1.807) is 61.7 Å². The zero-order valence-electron chi connectivity index (χ0n) is 18.9. The number of benzene rings is 3. The molecule has 0 spiro atoms. The molecule has 1 amide bonds. The summed E-state index contributed by atoms with van der Waals surface area (Å²) < 4.78 is 5.43. The lowest BCUT2D eigenvalue weighted by Crippen LogP contribution is -2.29. The molecule has 1 aliphatic heterocycles. The van der Waals surface area contributed by atoms with E-state index in [-0.39, 0.29) is 23.0 Å². The molecule has 1 fully saturated rings. The molecule has 0 bridgehead atoms. The number of ketones is 1. The molecule has 0 saturated carbocycles. The van der Waals surface area contributed by atoms with E-state index in [4.69, 9.17) is 16.3 Å². The number of hydrogen-bond donors (Lipinski definition) is 2. The number of nitrogens with zero attached hydrogens (tertiary/aromatic N) is 1. The van der Waals surface area contributed by atoms with Crippen molar-refractivity contribution >= 4 is 34.7 Å². The molecule has 1 saturated heterocycles. The van der Waals surface area contributed by atoms with Gasteiger partial charge in [0.2, 0.25) is 0 Å². The summed E-state index contributed by atoms with van der Waals surface area (Å²) >= 11 is 6.16. The Labute approximate surface area is 202 Å². The summed E-state index contributed by atoms with van der Waals surface area (Å²) in [5, 5.41) is 21.8. The Balaban J connectivity index is 1.96. The van der Waals surface area contributed by atoms with Crippen molar-refractivity contribution in [2.45, 2.75) is 25.8 Å². The minimum atomic E-state index is -0.963. The molecule has 1 atom stereocenters. The fourth-order valence-electron chi connectivity index (χ4n) is 4.22. The normalized spacial score (nSPS) is 17.4. The smallest absolute Gasteiger partial charge is 0.300 e. The summed E-state index contributed by atoms with van der Waals surface area (Å²) in [6, 6.07) is 17.0. The van der Waals surface area contributed by atoms with Crippen LogP contribution in [0.4, 0.5) is 5.69 Å². The van der Waals surface area contributed by atoms with Gasteiger partial charge in [-0.15, -0.1) is 0 Å². The van der Waals surface area contributed by atoms with E-state index < -0.39 is 17.7 Å². The number of ether oxygens (including phenoxy) is 1. The minimum absolute atomic E-state index is 0.0271. The number of aliphatic hydroxyl groups excluding tert-OH is 1. The molecule has 34 heavy (non-hydrogen) atoms. The Morgan fingerprint density at radius 1 is 1.03 bits per heavy atom. The van der Waals surface area contributed by atoms with Gasteiger partial charge in [0.05, 0.1) is 18.7 Å². The van der Waals surface area contributed by atoms with Gasteiger partial charge in [-0.25, -0.2) is 0 Å². The first kappa shape index (κ1) is 23.4. The third kappa shape index (κ3) is 4.13. The zero-order valence-corrected chi connectivity index (χ0v) is 19.7. The summed E-state index contributed by atoms with van der Waals surface area (Å²) in [6.45, 7) is 3.99. The van der Waals surface area contributed by atoms with Gasteiger partial charge in [-0.05, 0) is 65.6 Å². The molecule has 1 aliphatic rings. The van der Waals surface area contributed by atoms with Crippen molar-refractivity contribution in [3.63, 3.8) is 0 Å². The number of Topliss-reactive ketones (excluding diaryl/α,β-unsaturated/α-hetero) is 1. The topological polar surface area (TPSA) is 87.1 Å². The van der Waals surface area contributed by atoms with Gasteiger partial charge in [-0.2, -0.15) is 0 Å². The molecule has 3 aromatic rings. The average Bonchev–Trinajstić information content (AvgIpc) is 3.08. The zero-order chi connectivity index (χ0) is 24.6. The first-order valence-electron chi connectivity index (χ1n) is 10.8. The molecule has 2 N–H and O–H groups in total. The molecule has 0 radical (unpaired) electrons. The third-order valence-electron chi connectivity index (χ3n) is 5.84. The number of halogens is 1. The van der Waals surface area contributed by atoms with Crippen molar-refractivity contribution in [1.29, 1.82) is 0 Å². The Bertz CT molecular complexity index is 1310. The summed E-state index contributed by atoms with van der Waals surface area (Å²) in [5.41, 5.74) is 2.04. The summed E-state index contributed by atoms with van der Waals surface area (Å²) in [6.07, 6.45) is 0. The highest BCUT2D eigenvalue weighted by atomic mass is 35.5. The van der Waals surface area contributed by atoms with Crippen molar-refractivity contribution in [1.82, 2.24) is 0 Å². The van der Waals surface area contributed by atoms with E-state index in [0.717, 1.165) is 5.56 Å². The van der Waals surface area contributed by atoms with Crippen molar-refractivity contribution in [3.05, 3.63) is 94.0 Å². The second-order valence-corrected chi connectivity index (χ2v) is 8.79. The van der Waals surface area contributed by atoms with Crippen LogP contribution in [0, 0.1) is 0 Å². The van der Waals surface area contributed by atoms with E-state index >= 15 is 0 Å². The first-order valence-corrected chi connectivity index (χ1v) is 11.1. The molecule has 4 rings (SSSR count). The number of amides is 1. The number of carbonyl (C=O) groups is 2. The van der Waals surface area contributed by atoms with Gasteiger partial charge in [0, 0.05) is 16.3 Å². The van der Waals surface area contributed by atoms with Crippen molar-refractivity contribution < 1.29 is 24.5 Å². The van der Waals surface area contributed by atoms with Gasteiger partial charge in [0.1, 0.15) is 17.3 Å². The Morgan fingerprint density at radius 2 is 1.76 bits per heavy atom. The van der Waals surface area contributed by atoms with Gasteiger partial charge in [-0.1, -0.05) is 43.6 Å². The number of aromatic hydroxyl groups is 1. The maximum absolute atomic E-state index is 13.3. The molecule has 1 unspecified atom stereocenters. The lowest BCUT2D eigenvalue weighted by Gasteiger charge is -2.25. The van der Waals surface area contributed by atoms with Crippen LogP contribution in [0.2, 0.25) is 5.02 Å². The van der Waals surface area contributed by atoms with Crippen LogP contribution in [-0.2, 0) is 9.59 Å². The van der Waals surface area contributed by atoms with Gasteiger partial charge in [0.25, 0.3) is 11.7 Å². The predicted octanol–water partition coefficient (Wildman–Crippen LogP) is 5.80. The number of anilines is 1. The largest absolute Gasteiger partial charge is 0.508 e. The molecular weight excluding hydrogens is 454 g/mol. The highest BCUT2D eigenvalue weighted by Crippen LogP contribution is 2.43. The number of phenols is 1. The molecule has 7 heteroatoms. The number of carbonyl (C=O) groups excluding carboxylic acids is 2. The SMILES string of the molecule is COc1ccc(/C(O)=C2/C(=O)C(=O)N(c3cccc(Cl)c3)C2c2cccc(O)c2)cc1C(C)C. The summed E-state index contributed by atoms with van der Waals surface area (Å²) in [7, 11) is 1.57. The van der Waals surface area contributed by atoms with Crippen molar-refractivity contribution in [2.24, 2.45) is 0 Å². The van der Waals surface area contributed by atoms with Crippen LogP contribution in [0.25, 0.3) is 5.76 Å². The van der Waals surface area contributed by atoms with Gasteiger partial charge in [0.15, 0.2) is 0 Å². The molecule has 174 valence electrons. The number of hydrogen-bond acceptors (Lipinski definition) is 5. The molecular formula is C27H24ClNO5. The highest BCUT2D eigenvalue weighted by Gasteiger charge is 2.47. The van der Waals surface area contributed by atoms with Gasteiger partial charge in [-0.3, -0.25) is 14.5 Å². The van der Waals surface area contributed by atoms with E-state index in [0.29, 0.717) is 27.6 Å². The van der Waals surface area contributed by atoms with Gasteiger partial charge < -0.3 is 14.9 Å². The summed E-state index contributed by atoms with van der Waals surface area (Å²) in [4.78, 5) is 27.8. The minimum Gasteiger partial charge on any atom is -0.508 e. The maximum atomic E-state index is 13.3. The number of methoxy groups -OCH3 is 1. The molecule has 6 nitrogen and oxygen atoms in total. The molecule has 0 aromatic heterocycles. The van der Waals surface area contributed by atoms with Crippen LogP contribution in [0.3, 0.4) is 0 Å². The fourth-order valence-corrected chi connectivity index (χ4v) is 4.41. The Morgan fingerprint density at radius 3 is 2.41 bits per heavy atom. The van der Waals surface area contributed by atoms with E-state index in [1.165, 1.54) is 17.0 Å². The Kier molecular flexibility index (Phi) is 6.35. The number of aliphatic hydroxyl groups is 1. The first-order chi connectivity index (χ1) is 16.2. The standard InChI is InChI=1S/C27H24ClNO5/c1-15(2)21-13-17(10-11-22(21)34-3)25(31)23-24(16-6-4-9-20(30)12-16)29(27(33)26(23)32)19-8-5-7-18(28)14-19/h4-15,24,30-31H,1-3H3/b25-23-. The molecule has 3 aromatic carbocycles. The van der Waals surface area contributed by atoms with Crippen LogP contribution in [0.15, 0.2) is 72.3 Å². The van der Waals surface area contributed by atoms with Gasteiger partial charge >= 0.3 is 0 Å². The van der Waals surface area contributed by atoms with Crippen LogP contribution < -0.4 is 9.64 Å². The number of rotatable bonds is 5. The maximum Gasteiger partial charge on any atom is 0.300 e. The molecule has 0 aliphatic carbocycles. The van der Waals surface area contributed by atoms with Crippen LogP contribution in [0.1, 0.15) is 42.5 Å². The monoisotopic (exact) mass is 477 g/mol. The second kappa shape index (κ2) is 9.23. The fraction of sp³-hybridized carbons (Fsp3) is 0.185. The average molecular weight is 478 g/mol. The molecule has 1 heterocycles. The third-order valence-corrected chi connectivity index (χ3v) is 6.08. The summed E-state index contributed by atoms with van der Waals surface area (Å²) in [5.74, 6) is -1.20. The highest BCUT2D eigenvalue weighted by molar-refractivity contribution is 6.51. The lowest BCUT2D eigenvalue weighted by atomic mass is 9.93. The van der Waals surface area contributed by atoms with Crippen LogP contribution in [-0.4, -0.2) is 29.0 Å². The number of phenolic OH excluding ortho intramolecular Hbond substituents is 1.